The molecular weight excluding hydrogens is 212 g/mol. The van der Waals surface area contributed by atoms with Crippen LogP contribution in [0.2, 0.25) is 0 Å². The number of nitrogens with two attached hydrogens (primary N) is 1. The summed E-state index contributed by atoms with van der Waals surface area (Å²) < 4.78 is 26.7. The van der Waals surface area contributed by atoms with Crippen molar-refractivity contribution in [1.82, 2.24) is 0 Å². The molecule has 0 aromatic rings. The number of carbonyl (C=O) groups is 1. The standard InChI is InChI=1S/C6H10N2O5S/c7-6(9)13-5-1-2-14(11,12)3-4(5)8-10/h5,10H,1-3H2,(H2,7,9)/b8-4+. The third kappa shape index (κ3) is 2.59. The summed E-state index contributed by atoms with van der Waals surface area (Å²) >= 11 is 0. The molecule has 0 aromatic heterocycles. The molecule has 1 rings (SSSR count). The number of amides is 1. The van der Waals surface area contributed by atoms with Crippen molar-refractivity contribution in [3.63, 3.8) is 0 Å². The first-order valence-corrected chi connectivity index (χ1v) is 5.64. The molecule has 1 aliphatic rings. The van der Waals surface area contributed by atoms with E-state index in [0.717, 1.165) is 0 Å². The second-order valence-electron chi connectivity index (χ2n) is 2.90. The molecule has 0 aromatic carbocycles. The Morgan fingerprint density at radius 1 is 1.64 bits per heavy atom. The van der Waals surface area contributed by atoms with E-state index in [0.29, 0.717) is 0 Å². The van der Waals surface area contributed by atoms with E-state index < -0.39 is 27.8 Å². The zero-order valence-electron chi connectivity index (χ0n) is 7.21. The lowest BCUT2D eigenvalue weighted by atomic mass is 10.2. The second kappa shape index (κ2) is 3.82. The van der Waals surface area contributed by atoms with Gasteiger partial charge in [-0.3, -0.25) is 0 Å². The van der Waals surface area contributed by atoms with Crippen LogP contribution in [-0.2, 0) is 14.6 Å². The Morgan fingerprint density at radius 2 is 2.29 bits per heavy atom. The molecule has 1 heterocycles. The van der Waals surface area contributed by atoms with Crippen molar-refractivity contribution in [2.45, 2.75) is 12.5 Å². The number of sulfone groups is 1. The molecular formula is C6H10N2O5S. The molecule has 0 bridgehead atoms. The summed E-state index contributed by atoms with van der Waals surface area (Å²) in [6, 6.07) is 0. The first-order chi connectivity index (χ1) is 6.44. The Hall–Kier alpha value is -1.31. The van der Waals surface area contributed by atoms with Gasteiger partial charge in [0.2, 0.25) is 0 Å². The van der Waals surface area contributed by atoms with Gasteiger partial charge in [0.25, 0.3) is 0 Å². The first kappa shape index (κ1) is 10.8. The number of hydrogen-bond acceptors (Lipinski definition) is 6. The maximum atomic E-state index is 11.1. The molecule has 3 N–H and O–H groups in total. The molecule has 0 spiro atoms. The van der Waals surface area contributed by atoms with Gasteiger partial charge in [0.1, 0.15) is 11.8 Å². The van der Waals surface area contributed by atoms with Crippen LogP contribution in [0.5, 0.6) is 0 Å². The molecule has 80 valence electrons. The highest BCUT2D eigenvalue weighted by molar-refractivity contribution is 7.92. The summed E-state index contributed by atoms with van der Waals surface area (Å²) in [7, 11) is -3.24. The van der Waals surface area contributed by atoms with Crippen LogP contribution in [0, 0.1) is 0 Å². The maximum Gasteiger partial charge on any atom is 0.405 e. The van der Waals surface area contributed by atoms with E-state index in [9.17, 15) is 13.2 Å². The van der Waals surface area contributed by atoms with Gasteiger partial charge in [0, 0.05) is 6.42 Å². The van der Waals surface area contributed by atoms with E-state index in [1.807, 2.05) is 0 Å². The summed E-state index contributed by atoms with van der Waals surface area (Å²) in [6.45, 7) is 0. The topological polar surface area (TPSA) is 119 Å². The fourth-order valence-corrected chi connectivity index (χ4v) is 2.62. The van der Waals surface area contributed by atoms with Crippen LogP contribution in [0.15, 0.2) is 5.16 Å². The summed E-state index contributed by atoms with van der Waals surface area (Å²) in [6.07, 6.45) is -1.78. The largest absolute Gasteiger partial charge is 0.440 e. The molecule has 1 aliphatic heterocycles. The zero-order chi connectivity index (χ0) is 10.8. The molecule has 0 radical (unpaired) electrons. The van der Waals surface area contributed by atoms with E-state index in [4.69, 9.17) is 10.9 Å². The minimum atomic E-state index is -3.24. The van der Waals surface area contributed by atoms with E-state index in [1.54, 1.807) is 0 Å². The highest BCUT2D eigenvalue weighted by atomic mass is 32.2. The number of ether oxygens (including phenoxy) is 1. The van der Waals surface area contributed by atoms with Crippen LogP contribution in [-0.4, -0.2) is 43.0 Å². The lowest BCUT2D eigenvalue weighted by molar-refractivity contribution is 0.132. The molecule has 1 fully saturated rings. The number of rotatable bonds is 1. The van der Waals surface area contributed by atoms with Crippen molar-refractivity contribution in [2.75, 3.05) is 11.5 Å². The van der Waals surface area contributed by atoms with Gasteiger partial charge in [0.05, 0.1) is 11.5 Å². The monoisotopic (exact) mass is 222 g/mol. The Morgan fingerprint density at radius 3 is 2.79 bits per heavy atom. The minimum Gasteiger partial charge on any atom is -0.440 e. The molecule has 1 amide bonds. The van der Waals surface area contributed by atoms with Crippen LogP contribution in [0.3, 0.4) is 0 Å². The summed E-state index contributed by atoms with van der Waals surface area (Å²) in [5.41, 5.74) is 4.67. The second-order valence-corrected chi connectivity index (χ2v) is 5.08. The average molecular weight is 222 g/mol. The van der Waals surface area contributed by atoms with Crippen molar-refractivity contribution in [3.8, 4) is 0 Å². The smallest absolute Gasteiger partial charge is 0.405 e. The van der Waals surface area contributed by atoms with Crippen LogP contribution in [0.4, 0.5) is 4.79 Å². The normalized spacial score (nSPS) is 28.6. The summed E-state index contributed by atoms with van der Waals surface area (Å²) in [5.74, 6) is -0.509. The van der Waals surface area contributed by atoms with Gasteiger partial charge in [-0.15, -0.1) is 0 Å². The fourth-order valence-electron chi connectivity index (χ4n) is 1.20. The molecule has 1 atom stereocenters. The van der Waals surface area contributed by atoms with Crippen molar-refractivity contribution in [2.24, 2.45) is 10.9 Å². The van der Waals surface area contributed by atoms with E-state index >= 15 is 0 Å². The van der Waals surface area contributed by atoms with Crippen molar-refractivity contribution in [1.29, 1.82) is 0 Å². The number of carbonyl (C=O) groups excluding carboxylic acids is 1. The minimum absolute atomic E-state index is 0.0741. The highest BCUT2D eigenvalue weighted by Crippen LogP contribution is 2.13. The van der Waals surface area contributed by atoms with Gasteiger partial charge in [-0.1, -0.05) is 5.16 Å². The summed E-state index contributed by atoms with van der Waals surface area (Å²) in [4.78, 5) is 10.4. The Kier molecular flexibility index (Phi) is 2.94. The van der Waals surface area contributed by atoms with Crippen molar-refractivity contribution < 1.29 is 23.2 Å². The van der Waals surface area contributed by atoms with Crippen molar-refractivity contribution in [3.05, 3.63) is 0 Å². The highest BCUT2D eigenvalue weighted by Gasteiger charge is 2.32. The van der Waals surface area contributed by atoms with Crippen LogP contribution >= 0.6 is 0 Å². The Bertz CT molecular complexity index is 360. The quantitative estimate of drug-likeness (QED) is 0.440. The van der Waals surface area contributed by atoms with Crippen LogP contribution in [0.25, 0.3) is 0 Å². The lowest BCUT2D eigenvalue weighted by Crippen LogP contribution is -2.40. The number of oxime groups is 1. The van der Waals surface area contributed by atoms with Gasteiger partial charge < -0.3 is 15.7 Å². The third-order valence-electron chi connectivity index (χ3n) is 1.82. The van der Waals surface area contributed by atoms with Gasteiger partial charge in [-0.25, -0.2) is 13.2 Å². The molecule has 0 saturated carbocycles. The zero-order valence-corrected chi connectivity index (χ0v) is 8.03. The number of primary amides is 1. The Balaban J connectivity index is 2.77. The van der Waals surface area contributed by atoms with Gasteiger partial charge in [-0.2, -0.15) is 0 Å². The maximum absolute atomic E-state index is 11.1. The van der Waals surface area contributed by atoms with Gasteiger partial charge in [-0.05, 0) is 0 Å². The molecule has 1 saturated heterocycles. The molecule has 1 unspecified atom stereocenters. The fraction of sp³-hybridized carbons (Fsp3) is 0.667. The van der Waals surface area contributed by atoms with E-state index in [1.165, 1.54) is 0 Å². The third-order valence-corrected chi connectivity index (χ3v) is 3.41. The Labute approximate surface area is 80.4 Å². The average Bonchev–Trinajstić information content (AvgIpc) is 2.07. The van der Waals surface area contributed by atoms with Gasteiger partial charge in [0.15, 0.2) is 9.84 Å². The van der Waals surface area contributed by atoms with Crippen LogP contribution < -0.4 is 5.73 Å². The van der Waals surface area contributed by atoms with E-state index in [2.05, 4.69) is 9.89 Å². The molecule has 14 heavy (non-hydrogen) atoms. The summed E-state index contributed by atoms with van der Waals surface area (Å²) in [5, 5.41) is 11.3. The predicted octanol–water partition coefficient (Wildman–Crippen LogP) is -0.901. The van der Waals surface area contributed by atoms with Gasteiger partial charge >= 0.3 is 6.09 Å². The molecule has 8 heteroatoms. The number of hydrogen-bond donors (Lipinski definition) is 2. The van der Waals surface area contributed by atoms with Crippen molar-refractivity contribution >= 4 is 21.6 Å². The molecule has 7 nitrogen and oxygen atoms in total. The molecule has 0 aliphatic carbocycles. The SMILES string of the molecule is NC(=O)OC1CCS(=O)(=O)C/C1=N\O. The van der Waals surface area contributed by atoms with Crippen LogP contribution in [0.1, 0.15) is 6.42 Å². The lowest BCUT2D eigenvalue weighted by Gasteiger charge is -2.21. The first-order valence-electron chi connectivity index (χ1n) is 3.82. The number of nitrogens with zero attached hydrogens (tertiary/aromatic N) is 1. The predicted molar refractivity (Wildman–Crippen MR) is 46.9 cm³/mol. The van der Waals surface area contributed by atoms with E-state index in [-0.39, 0.29) is 17.9 Å².